The van der Waals surface area contributed by atoms with E-state index in [1.807, 2.05) is 6.92 Å². The zero-order valence-corrected chi connectivity index (χ0v) is 16.6. The highest BCUT2D eigenvalue weighted by atomic mass is 127. The van der Waals surface area contributed by atoms with Crippen LogP contribution in [-0.4, -0.2) is 40.5 Å². The Bertz CT molecular complexity index is 442. The van der Waals surface area contributed by atoms with Gasteiger partial charge >= 0.3 is 5.97 Å². The fourth-order valence-corrected chi connectivity index (χ4v) is 6.68. The molecule has 23 heavy (non-hydrogen) atoms. The predicted molar refractivity (Wildman–Crippen MR) is 99.6 cm³/mol. The molecule has 0 spiro atoms. The van der Waals surface area contributed by atoms with Gasteiger partial charge in [-0.05, 0) is 95.7 Å². The topological polar surface area (TPSA) is 29.5 Å². The van der Waals surface area contributed by atoms with E-state index in [0.717, 1.165) is 24.9 Å². The van der Waals surface area contributed by atoms with Crippen LogP contribution < -0.4 is 0 Å². The van der Waals surface area contributed by atoms with Crippen molar-refractivity contribution in [2.45, 2.75) is 61.4 Å². The van der Waals surface area contributed by atoms with Crippen molar-refractivity contribution in [3.05, 3.63) is 0 Å². The Balaban J connectivity index is 1.65. The number of carbonyl (C=O) groups excluding carboxylic acids is 1. The summed E-state index contributed by atoms with van der Waals surface area (Å²) in [4.78, 5) is 15.0. The van der Waals surface area contributed by atoms with E-state index < -0.39 is 0 Å². The lowest BCUT2D eigenvalue weighted by Crippen LogP contribution is -2.64. The maximum atomic E-state index is 12.6. The van der Waals surface area contributed by atoms with Crippen LogP contribution in [0.3, 0.4) is 0 Å². The molecule has 4 bridgehead atoms. The maximum Gasteiger partial charge on any atom is 0.319 e. The summed E-state index contributed by atoms with van der Waals surface area (Å²) in [5.41, 5.74) is -0.120. The van der Waals surface area contributed by atoms with E-state index in [1.54, 1.807) is 0 Å². The SMILES string of the molecule is CC(I)C(=O)OC1(C2CCN(C)CC2)C2CC3CC(C2)CC1C3. The average molecular weight is 431 g/mol. The molecule has 0 N–H and O–H groups in total. The van der Waals surface area contributed by atoms with Crippen molar-refractivity contribution in [2.24, 2.45) is 29.6 Å². The Kier molecular flexibility index (Phi) is 4.45. The monoisotopic (exact) mass is 431 g/mol. The van der Waals surface area contributed by atoms with Gasteiger partial charge in [0.1, 0.15) is 9.53 Å². The van der Waals surface area contributed by atoms with Crippen molar-refractivity contribution in [2.75, 3.05) is 20.1 Å². The van der Waals surface area contributed by atoms with E-state index in [2.05, 4.69) is 34.5 Å². The highest BCUT2D eigenvalue weighted by Crippen LogP contribution is 2.63. The normalized spacial score (nSPS) is 45.2. The van der Waals surface area contributed by atoms with Crippen molar-refractivity contribution >= 4 is 28.6 Å². The molecule has 0 radical (unpaired) electrons. The van der Waals surface area contributed by atoms with Crippen LogP contribution in [-0.2, 0) is 9.53 Å². The number of hydrogen-bond donors (Lipinski definition) is 0. The summed E-state index contributed by atoms with van der Waals surface area (Å²) >= 11 is 2.22. The van der Waals surface area contributed by atoms with Gasteiger partial charge in [0.05, 0.1) is 0 Å². The Morgan fingerprint density at radius 1 is 1.04 bits per heavy atom. The molecule has 0 aromatic rings. The van der Waals surface area contributed by atoms with Gasteiger partial charge in [-0.3, -0.25) is 4.79 Å². The fraction of sp³-hybridized carbons (Fsp3) is 0.947. The first kappa shape index (κ1) is 16.6. The number of carbonyl (C=O) groups is 1. The number of likely N-dealkylation sites (tertiary alicyclic amines) is 1. The third-order valence-corrected chi connectivity index (χ3v) is 7.88. The summed E-state index contributed by atoms with van der Waals surface area (Å²) in [5, 5.41) is 0. The van der Waals surface area contributed by atoms with Gasteiger partial charge < -0.3 is 9.64 Å². The molecular formula is C19H30INO2. The predicted octanol–water partition coefficient (Wildman–Crippen LogP) is 3.89. The maximum absolute atomic E-state index is 12.6. The quantitative estimate of drug-likeness (QED) is 0.386. The van der Waals surface area contributed by atoms with Crippen LogP contribution in [0.5, 0.6) is 0 Å². The Hall–Kier alpha value is 0.160. The number of esters is 1. The van der Waals surface area contributed by atoms with E-state index in [4.69, 9.17) is 4.74 Å². The largest absolute Gasteiger partial charge is 0.457 e. The van der Waals surface area contributed by atoms with Gasteiger partial charge in [0, 0.05) is 5.92 Å². The van der Waals surface area contributed by atoms with Crippen LogP contribution in [0.25, 0.3) is 0 Å². The molecular weight excluding hydrogens is 401 g/mol. The second-order valence-corrected chi connectivity index (χ2v) is 10.6. The van der Waals surface area contributed by atoms with E-state index in [9.17, 15) is 4.79 Å². The molecule has 1 heterocycles. The second kappa shape index (κ2) is 6.15. The number of piperidine rings is 1. The van der Waals surface area contributed by atoms with E-state index in [1.165, 1.54) is 44.9 Å². The molecule has 1 saturated heterocycles. The average Bonchev–Trinajstić information content (AvgIpc) is 2.51. The fourth-order valence-electron chi connectivity index (χ4n) is 6.55. The third kappa shape index (κ3) is 2.76. The van der Waals surface area contributed by atoms with Gasteiger partial charge in [0.15, 0.2) is 0 Å². The lowest BCUT2D eigenvalue weighted by atomic mass is 9.46. The molecule has 5 fully saturated rings. The first-order valence-electron chi connectivity index (χ1n) is 9.54. The lowest BCUT2D eigenvalue weighted by molar-refractivity contribution is -0.232. The molecule has 1 aliphatic heterocycles. The molecule has 1 unspecified atom stereocenters. The molecule has 130 valence electrons. The van der Waals surface area contributed by atoms with Crippen molar-refractivity contribution in [3.63, 3.8) is 0 Å². The summed E-state index contributed by atoms with van der Waals surface area (Å²) < 4.78 is 6.45. The summed E-state index contributed by atoms with van der Waals surface area (Å²) in [6.07, 6.45) is 9.16. The molecule has 3 nitrogen and oxygen atoms in total. The number of halogens is 1. The Morgan fingerprint density at radius 3 is 2.04 bits per heavy atom. The molecule has 4 heteroatoms. The first-order chi connectivity index (χ1) is 11.0. The Labute approximate surface area is 154 Å². The van der Waals surface area contributed by atoms with Crippen LogP contribution in [0.4, 0.5) is 0 Å². The van der Waals surface area contributed by atoms with Gasteiger partial charge in [-0.1, -0.05) is 22.6 Å². The third-order valence-electron chi connectivity index (χ3n) is 7.37. The number of hydrogen-bond acceptors (Lipinski definition) is 3. The van der Waals surface area contributed by atoms with E-state index in [0.29, 0.717) is 17.8 Å². The zero-order valence-electron chi connectivity index (χ0n) is 14.5. The van der Waals surface area contributed by atoms with Crippen LogP contribution >= 0.6 is 22.6 Å². The van der Waals surface area contributed by atoms with Crippen LogP contribution in [0.15, 0.2) is 0 Å². The number of alkyl halides is 1. The summed E-state index contributed by atoms with van der Waals surface area (Å²) in [6, 6.07) is 0. The molecule has 1 atom stereocenters. The minimum atomic E-state index is -0.120. The minimum Gasteiger partial charge on any atom is -0.457 e. The molecule has 0 aromatic heterocycles. The van der Waals surface area contributed by atoms with Crippen LogP contribution in [0.2, 0.25) is 0 Å². The van der Waals surface area contributed by atoms with Gasteiger partial charge in [0.2, 0.25) is 0 Å². The number of ether oxygens (including phenoxy) is 1. The van der Waals surface area contributed by atoms with E-state index in [-0.39, 0.29) is 15.5 Å². The molecule has 0 aromatic carbocycles. The van der Waals surface area contributed by atoms with Gasteiger partial charge in [-0.2, -0.15) is 0 Å². The van der Waals surface area contributed by atoms with Gasteiger partial charge in [-0.25, -0.2) is 0 Å². The lowest BCUT2D eigenvalue weighted by Gasteiger charge is -2.63. The number of rotatable bonds is 3. The van der Waals surface area contributed by atoms with E-state index >= 15 is 0 Å². The van der Waals surface area contributed by atoms with Crippen molar-refractivity contribution < 1.29 is 9.53 Å². The highest BCUT2D eigenvalue weighted by Gasteiger charge is 2.62. The second-order valence-electron chi connectivity index (χ2n) is 8.77. The summed E-state index contributed by atoms with van der Waals surface area (Å²) in [6.45, 7) is 4.30. The Morgan fingerprint density at radius 2 is 1.57 bits per heavy atom. The molecule has 4 saturated carbocycles. The molecule has 5 rings (SSSR count). The molecule has 5 aliphatic rings. The van der Waals surface area contributed by atoms with Crippen LogP contribution in [0.1, 0.15) is 51.9 Å². The van der Waals surface area contributed by atoms with Gasteiger partial charge in [-0.15, -0.1) is 0 Å². The molecule has 0 amide bonds. The van der Waals surface area contributed by atoms with Gasteiger partial charge in [0.25, 0.3) is 0 Å². The smallest absolute Gasteiger partial charge is 0.319 e. The highest BCUT2D eigenvalue weighted by molar-refractivity contribution is 14.1. The summed E-state index contributed by atoms with van der Waals surface area (Å²) in [5.74, 6) is 3.77. The first-order valence-corrected chi connectivity index (χ1v) is 10.8. The standard InChI is InChI=1S/C19H30INO2/c1-12(20)18(22)23-19(15-3-5-21(2)6-4-15)16-8-13-7-14(10-16)11-17(19)9-13/h12-17H,3-11H2,1-2H3. The zero-order chi connectivity index (χ0) is 16.2. The summed E-state index contributed by atoms with van der Waals surface area (Å²) in [7, 11) is 2.22. The van der Waals surface area contributed by atoms with Crippen molar-refractivity contribution in [1.29, 1.82) is 0 Å². The van der Waals surface area contributed by atoms with Crippen molar-refractivity contribution in [1.82, 2.24) is 4.90 Å². The van der Waals surface area contributed by atoms with Crippen molar-refractivity contribution in [3.8, 4) is 0 Å². The van der Waals surface area contributed by atoms with Crippen LogP contribution in [0, 0.1) is 29.6 Å². The molecule has 4 aliphatic carbocycles. The minimum absolute atomic E-state index is 0.0343. The number of nitrogens with zero attached hydrogens (tertiary/aromatic N) is 1.